The highest BCUT2D eigenvalue weighted by molar-refractivity contribution is 6.36. The maximum Gasteiger partial charge on any atom is 0.180 e. The second-order valence-electron chi connectivity index (χ2n) is 5.53. The zero-order valence-electron chi connectivity index (χ0n) is 14.5. The van der Waals surface area contributed by atoms with Gasteiger partial charge in [0, 0.05) is 15.6 Å². The molecule has 0 aliphatic rings. The fraction of sp³-hybridized carbons (Fsp3) is 0.222. The molecule has 0 spiro atoms. The van der Waals surface area contributed by atoms with Crippen molar-refractivity contribution in [3.05, 3.63) is 69.2 Å². The molecule has 2 aromatic carbocycles. The van der Waals surface area contributed by atoms with Crippen LogP contribution in [0.15, 0.2) is 43.0 Å². The molecule has 0 amide bonds. The lowest BCUT2D eigenvalue weighted by molar-refractivity contribution is 0.269. The van der Waals surface area contributed by atoms with E-state index in [2.05, 4.69) is 15.6 Å². The highest BCUT2D eigenvalue weighted by Crippen LogP contribution is 2.38. The first-order chi connectivity index (χ1) is 13.1. The normalized spacial score (nSPS) is 10.7. The zero-order chi connectivity index (χ0) is 19.2. The lowest BCUT2D eigenvalue weighted by Gasteiger charge is -2.16. The molecule has 0 bridgehead atoms. The average molecular weight is 428 g/mol. The molecule has 0 atom stereocenters. The van der Waals surface area contributed by atoms with Crippen LogP contribution in [0.4, 0.5) is 0 Å². The number of aromatic nitrogens is 3. The van der Waals surface area contributed by atoms with Gasteiger partial charge in [0.2, 0.25) is 0 Å². The molecule has 1 heterocycles. The Morgan fingerprint density at radius 1 is 1.00 bits per heavy atom. The minimum Gasteiger partial charge on any atom is -0.490 e. The monoisotopic (exact) mass is 426 g/mol. The number of nitrogens with one attached hydrogen (secondary N) is 1. The molecule has 1 aromatic heterocycles. The van der Waals surface area contributed by atoms with Crippen LogP contribution in [0.25, 0.3) is 0 Å². The quantitative estimate of drug-likeness (QED) is 0.550. The third-order valence-corrected chi connectivity index (χ3v) is 4.67. The molecule has 0 aliphatic carbocycles. The van der Waals surface area contributed by atoms with Gasteiger partial charge in [0.25, 0.3) is 0 Å². The maximum absolute atomic E-state index is 6.45. The summed E-state index contributed by atoms with van der Waals surface area (Å²) in [5.41, 5.74) is 4.74. The van der Waals surface area contributed by atoms with Crippen LogP contribution in [-0.4, -0.2) is 21.5 Å². The summed E-state index contributed by atoms with van der Waals surface area (Å²) in [7, 11) is 0. The van der Waals surface area contributed by atoms with E-state index in [0.29, 0.717) is 45.3 Å². The van der Waals surface area contributed by atoms with E-state index in [1.807, 2.05) is 19.1 Å². The summed E-state index contributed by atoms with van der Waals surface area (Å²) in [6.45, 7) is 3.05. The summed E-state index contributed by atoms with van der Waals surface area (Å²) in [5, 5.41) is 8.98. The summed E-state index contributed by atoms with van der Waals surface area (Å²) in [4.78, 5) is 0. The van der Waals surface area contributed by atoms with E-state index < -0.39 is 0 Å². The van der Waals surface area contributed by atoms with Gasteiger partial charge in [-0.05, 0) is 36.8 Å². The van der Waals surface area contributed by atoms with Crippen LogP contribution in [0.2, 0.25) is 15.1 Å². The third kappa shape index (κ3) is 4.97. The highest BCUT2D eigenvalue weighted by Gasteiger charge is 2.15. The Labute approximate surface area is 171 Å². The van der Waals surface area contributed by atoms with Gasteiger partial charge in [-0.15, -0.1) is 10.2 Å². The van der Waals surface area contributed by atoms with Crippen molar-refractivity contribution < 1.29 is 9.47 Å². The van der Waals surface area contributed by atoms with E-state index in [1.54, 1.807) is 35.5 Å². The van der Waals surface area contributed by atoms with Crippen molar-refractivity contribution in [1.29, 1.82) is 0 Å². The first-order valence-corrected chi connectivity index (χ1v) is 9.31. The molecule has 9 heteroatoms. The minimum atomic E-state index is 0.177. The van der Waals surface area contributed by atoms with Crippen LogP contribution < -0.4 is 14.9 Å². The fourth-order valence-electron chi connectivity index (χ4n) is 2.41. The first-order valence-electron chi connectivity index (χ1n) is 8.18. The van der Waals surface area contributed by atoms with Gasteiger partial charge in [-0.25, -0.2) is 4.68 Å². The van der Waals surface area contributed by atoms with Crippen molar-refractivity contribution in [3.63, 3.8) is 0 Å². The van der Waals surface area contributed by atoms with Crippen LogP contribution in [0.1, 0.15) is 18.1 Å². The van der Waals surface area contributed by atoms with E-state index in [-0.39, 0.29) is 6.61 Å². The molecule has 0 fully saturated rings. The summed E-state index contributed by atoms with van der Waals surface area (Å²) in [6, 6.07) is 8.99. The highest BCUT2D eigenvalue weighted by atomic mass is 35.5. The standard InChI is InChI=1S/C18H17Cl3N4O2/c1-2-26-17-7-12(8-24-25-10-22-23-11-25)6-16(21)18(17)27-9-13-14(19)4-3-5-15(13)20/h3-7,10-11,24H,2,8-9H2,1H3. The lowest BCUT2D eigenvalue weighted by Crippen LogP contribution is -2.12. The van der Waals surface area contributed by atoms with Crippen molar-refractivity contribution in [2.24, 2.45) is 0 Å². The number of ether oxygens (including phenoxy) is 2. The molecule has 0 radical (unpaired) electrons. The maximum atomic E-state index is 6.45. The molecule has 0 aliphatic heterocycles. The van der Waals surface area contributed by atoms with Gasteiger partial charge in [-0.3, -0.25) is 0 Å². The molecule has 3 aromatic rings. The van der Waals surface area contributed by atoms with E-state index >= 15 is 0 Å². The van der Waals surface area contributed by atoms with Gasteiger partial charge >= 0.3 is 0 Å². The van der Waals surface area contributed by atoms with Crippen LogP contribution in [-0.2, 0) is 13.2 Å². The smallest absolute Gasteiger partial charge is 0.180 e. The van der Waals surface area contributed by atoms with Gasteiger partial charge in [-0.2, -0.15) is 0 Å². The molecule has 0 saturated heterocycles. The Bertz CT molecular complexity index is 884. The van der Waals surface area contributed by atoms with Crippen molar-refractivity contribution in [2.45, 2.75) is 20.1 Å². The van der Waals surface area contributed by atoms with E-state index in [9.17, 15) is 0 Å². The van der Waals surface area contributed by atoms with Gasteiger partial charge in [-0.1, -0.05) is 40.9 Å². The molecular formula is C18H17Cl3N4O2. The summed E-state index contributed by atoms with van der Waals surface area (Å²) >= 11 is 18.9. The predicted molar refractivity (Wildman–Crippen MR) is 107 cm³/mol. The Morgan fingerprint density at radius 3 is 2.37 bits per heavy atom. The van der Waals surface area contributed by atoms with Crippen molar-refractivity contribution in [3.8, 4) is 11.5 Å². The summed E-state index contributed by atoms with van der Waals surface area (Å²) < 4.78 is 13.3. The largest absolute Gasteiger partial charge is 0.490 e. The van der Waals surface area contributed by atoms with Gasteiger partial charge < -0.3 is 14.9 Å². The number of hydrogen-bond donors (Lipinski definition) is 1. The molecular weight excluding hydrogens is 411 g/mol. The second-order valence-corrected chi connectivity index (χ2v) is 6.75. The molecule has 27 heavy (non-hydrogen) atoms. The summed E-state index contributed by atoms with van der Waals surface area (Å²) in [6.07, 6.45) is 3.13. The SMILES string of the molecule is CCOc1cc(CNn2cnnc2)cc(Cl)c1OCc1c(Cl)cccc1Cl. The number of benzene rings is 2. The third-order valence-electron chi connectivity index (χ3n) is 3.68. The van der Waals surface area contributed by atoms with Gasteiger partial charge in [0.05, 0.1) is 18.2 Å². The zero-order valence-corrected chi connectivity index (χ0v) is 16.7. The number of nitrogens with zero attached hydrogens (tertiary/aromatic N) is 3. The Morgan fingerprint density at radius 2 is 1.70 bits per heavy atom. The van der Waals surface area contributed by atoms with Crippen LogP contribution >= 0.6 is 34.8 Å². The molecule has 0 unspecified atom stereocenters. The van der Waals surface area contributed by atoms with E-state index in [4.69, 9.17) is 44.3 Å². The van der Waals surface area contributed by atoms with E-state index in [0.717, 1.165) is 5.56 Å². The molecule has 1 N–H and O–H groups in total. The van der Waals surface area contributed by atoms with Crippen LogP contribution in [0.5, 0.6) is 11.5 Å². The number of rotatable bonds is 8. The van der Waals surface area contributed by atoms with Crippen molar-refractivity contribution in [1.82, 2.24) is 14.9 Å². The van der Waals surface area contributed by atoms with Crippen molar-refractivity contribution in [2.75, 3.05) is 12.0 Å². The Balaban J connectivity index is 1.79. The number of halogens is 3. The molecule has 6 nitrogen and oxygen atoms in total. The summed E-state index contributed by atoms with van der Waals surface area (Å²) in [5.74, 6) is 0.997. The first kappa shape index (κ1) is 19.6. The lowest BCUT2D eigenvalue weighted by atomic mass is 10.2. The van der Waals surface area contributed by atoms with Gasteiger partial charge in [0.15, 0.2) is 11.5 Å². The Hall–Kier alpha value is -2.15. The predicted octanol–water partition coefficient (Wildman–Crippen LogP) is 4.96. The molecule has 0 saturated carbocycles. The van der Waals surface area contributed by atoms with Crippen LogP contribution in [0.3, 0.4) is 0 Å². The number of hydrogen-bond acceptors (Lipinski definition) is 5. The van der Waals surface area contributed by atoms with Gasteiger partial charge in [0.1, 0.15) is 19.3 Å². The second kappa shape index (κ2) is 9.17. The fourth-order valence-corrected chi connectivity index (χ4v) is 3.20. The van der Waals surface area contributed by atoms with Crippen LogP contribution in [0, 0.1) is 0 Å². The topological polar surface area (TPSA) is 61.2 Å². The average Bonchev–Trinajstić information content (AvgIpc) is 3.15. The van der Waals surface area contributed by atoms with E-state index in [1.165, 1.54) is 0 Å². The minimum absolute atomic E-state index is 0.177. The Kier molecular flexibility index (Phi) is 6.66. The van der Waals surface area contributed by atoms with Crippen molar-refractivity contribution >= 4 is 34.8 Å². The molecule has 142 valence electrons. The molecule has 3 rings (SSSR count).